The number of nitrogens with one attached hydrogen (secondary N) is 2. The standard InChI is InChI=1S/C42H57N3O5/c1-29(2)39(45-23-15-22-43-40(45)47)37(46)26-34(24-32-18-10-8-11-19-32)27-38(50-42(5,6)7)36(25-33-20-12-9-13-21-33)44-41(48)49-28-35-30(3)16-14-17-31(35)4/h8-14,16-21,29,34,36,38-39H,15,22-28H2,1-7H3,(H,43,47)(H,44,48)/t34-,36+,38+,39+/m1/s1. The summed E-state index contributed by atoms with van der Waals surface area (Å²) in [5.41, 5.74) is 4.79. The lowest BCUT2D eigenvalue weighted by Gasteiger charge is -2.38. The summed E-state index contributed by atoms with van der Waals surface area (Å²) in [5, 5.41) is 6.11. The summed E-state index contributed by atoms with van der Waals surface area (Å²) in [6.45, 7) is 15.4. The maximum absolute atomic E-state index is 14.3. The molecule has 8 heteroatoms. The molecule has 2 N–H and O–H groups in total. The van der Waals surface area contributed by atoms with Gasteiger partial charge in [0.15, 0.2) is 5.78 Å². The van der Waals surface area contributed by atoms with E-state index >= 15 is 0 Å². The second-order valence-electron chi connectivity index (χ2n) is 15.1. The first-order valence-corrected chi connectivity index (χ1v) is 18.1. The first-order chi connectivity index (χ1) is 23.8. The second-order valence-corrected chi connectivity index (χ2v) is 15.1. The van der Waals surface area contributed by atoms with E-state index in [4.69, 9.17) is 9.47 Å². The number of carbonyl (C=O) groups is 3. The van der Waals surface area contributed by atoms with E-state index in [0.29, 0.717) is 32.4 Å². The van der Waals surface area contributed by atoms with E-state index in [0.717, 1.165) is 34.2 Å². The molecule has 1 aliphatic heterocycles. The van der Waals surface area contributed by atoms with E-state index in [1.54, 1.807) is 4.90 Å². The van der Waals surface area contributed by atoms with Crippen LogP contribution in [0.25, 0.3) is 0 Å². The maximum atomic E-state index is 14.3. The number of amides is 3. The molecule has 4 rings (SSSR count). The molecular weight excluding hydrogens is 626 g/mol. The topological polar surface area (TPSA) is 97.0 Å². The molecule has 0 aromatic heterocycles. The van der Waals surface area contributed by atoms with Gasteiger partial charge in [-0.2, -0.15) is 0 Å². The lowest BCUT2D eigenvalue weighted by atomic mass is 9.83. The number of alkyl carbamates (subject to hydrolysis) is 1. The van der Waals surface area contributed by atoms with E-state index < -0.39 is 29.9 Å². The molecule has 0 bridgehead atoms. The van der Waals surface area contributed by atoms with Crippen LogP contribution in [0.15, 0.2) is 78.9 Å². The van der Waals surface area contributed by atoms with Crippen molar-refractivity contribution >= 4 is 17.9 Å². The highest BCUT2D eigenvalue weighted by Gasteiger charge is 2.37. The Morgan fingerprint density at radius 1 is 0.880 bits per heavy atom. The summed E-state index contributed by atoms with van der Waals surface area (Å²) in [6, 6.07) is 25.1. The molecule has 0 aliphatic carbocycles. The minimum absolute atomic E-state index is 0.0375. The third-order valence-corrected chi connectivity index (χ3v) is 9.38. The molecule has 0 spiro atoms. The van der Waals surface area contributed by atoms with Gasteiger partial charge in [0.1, 0.15) is 6.61 Å². The molecule has 1 aliphatic rings. The van der Waals surface area contributed by atoms with Crippen LogP contribution in [0.2, 0.25) is 0 Å². The lowest BCUT2D eigenvalue weighted by molar-refractivity contribution is -0.126. The Bertz CT molecular complexity index is 1520. The SMILES string of the molecule is Cc1cccc(C)c1COC(=O)N[C@@H](Cc1ccccc1)[C@H](C[C@@H](CC(=O)[C@H](C(C)C)N1CCCNC1=O)Cc1ccccc1)OC(C)(C)C. The fraction of sp³-hybridized carbons (Fsp3) is 0.500. The van der Waals surface area contributed by atoms with Crippen molar-refractivity contribution in [2.45, 2.75) is 111 Å². The molecule has 0 saturated carbocycles. The van der Waals surface area contributed by atoms with Crippen molar-refractivity contribution in [2.75, 3.05) is 13.1 Å². The molecule has 3 amide bonds. The smallest absolute Gasteiger partial charge is 0.407 e. The Labute approximate surface area is 299 Å². The summed E-state index contributed by atoms with van der Waals surface area (Å²) < 4.78 is 12.6. The number of rotatable bonds is 16. The molecular formula is C42H57N3O5. The number of urea groups is 1. The Morgan fingerprint density at radius 2 is 1.48 bits per heavy atom. The largest absolute Gasteiger partial charge is 0.445 e. The van der Waals surface area contributed by atoms with Gasteiger partial charge in [0, 0.05) is 19.5 Å². The van der Waals surface area contributed by atoms with Crippen molar-refractivity contribution in [2.24, 2.45) is 11.8 Å². The van der Waals surface area contributed by atoms with Crippen LogP contribution in [0.1, 0.15) is 81.7 Å². The number of aryl methyl sites for hydroxylation is 2. The molecule has 4 atom stereocenters. The Balaban J connectivity index is 1.64. The Hall–Kier alpha value is -4.17. The monoisotopic (exact) mass is 683 g/mol. The maximum Gasteiger partial charge on any atom is 0.407 e. The zero-order valence-corrected chi connectivity index (χ0v) is 31.0. The van der Waals surface area contributed by atoms with Gasteiger partial charge in [-0.3, -0.25) is 4.79 Å². The zero-order chi connectivity index (χ0) is 36.3. The fourth-order valence-corrected chi connectivity index (χ4v) is 7.04. The van der Waals surface area contributed by atoms with Gasteiger partial charge >= 0.3 is 12.1 Å². The summed E-state index contributed by atoms with van der Waals surface area (Å²) >= 11 is 0. The van der Waals surface area contributed by atoms with Crippen LogP contribution < -0.4 is 10.6 Å². The molecule has 270 valence electrons. The number of ether oxygens (including phenoxy) is 2. The van der Waals surface area contributed by atoms with E-state index in [1.165, 1.54) is 0 Å². The van der Waals surface area contributed by atoms with E-state index in [1.807, 2.05) is 115 Å². The number of Topliss-reactive ketones (excluding diaryl/α,β-unsaturated/α-hetero) is 1. The van der Waals surface area contributed by atoms with Gasteiger partial charge in [0.2, 0.25) is 0 Å². The summed E-state index contributed by atoms with van der Waals surface area (Å²) in [4.78, 5) is 42.4. The van der Waals surface area contributed by atoms with E-state index in [2.05, 4.69) is 22.8 Å². The number of carbonyl (C=O) groups excluding carboxylic acids is 3. The van der Waals surface area contributed by atoms with Crippen molar-refractivity contribution in [3.05, 3.63) is 107 Å². The van der Waals surface area contributed by atoms with Crippen LogP contribution in [0.3, 0.4) is 0 Å². The molecule has 1 fully saturated rings. The highest BCUT2D eigenvalue weighted by Crippen LogP contribution is 2.29. The molecule has 8 nitrogen and oxygen atoms in total. The molecule has 0 unspecified atom stereocenters. The van der Waals surface area contributed by atoms with Crippen molar-refractivity contribution in [3.63, 3.8) is 0 Å². The van der Waals surface area contributed by atoms with Gasteiger partial charge in [0.25, 0.3) is 0 Å². The first-order valence-electron chi connectivity index (χ1n) is 18.1. The minimum atomic E-state index is -0.531. The van der Waals surface area contributed by atoms with Crippen molar-refractivity contribution in [1.82, 2.24) is 15.5 Å². The van der Waals surface area contributed by atoms with Gasteiger partial charge in [0.05, 0.1) is 23.8 Å². The van der Waals surface area contributed by atoms with Gasteiger partial charge in [-0.1, -0.05) is 92.7 Å². The highest BCUT2D eigenvalue weighted by molar-refractivity contribution is 5.89. The zero-order valence-electron chi connectivity index (χ0n) is 31.0. The van der Waals surface area contributed by atoms with Gasteiger partial charge < -0.3 is 25.0 Å². The lowest BCUT2D eigenvalue weighted by Crippen LogP contribution is -2.56. The molecule has 0 radical (unpaired) electrons. The Kier molecular flexibility index (Phi) is 14.0. The predicted octanol–water partition coefficient (Wildman–Crippen LogP) is 7.97. The van der Waals surface area contributed by atoms with Crippen LogP contribution in [-0.4, -0.2) is 59.7 Å². The molecule has 3 aromatic rings. The van der Waals surface area contributed by atoms with Crippen LogP contribution >= 0.6 is 0 Å². The van der Waals surface area contributed by atoms with Gasteiger partial charge in [-0.25, -0.2) is 9.59 Å². The average Bonchev–Trinajstić information content (AvgIpc) is 3.05. The third kappa shape index (κ3) is 11.7. The second kappa shape index (κ2) is 18.2. The fourth-order valence-electron chi connectivity index (χ4n) is 7.04. The van der Waals surface area contributed by atoms with Crippen LogP contribution in [0.5, 0.6) is 0 Å². The molecule has 1 saturated heterocycles. The molecule has 3 aromatic carbocycles. The van der Waals surface area contributed by atoms with E-state index in [-0.39, 0.29) is 36.7 Å². The molecule has 50 heavy (non-hydrogen) atoms. The van der Waals surface area contributed by atoms with Gasteiger partial charge in [-0.15, -0.1) is 0 Å². The van der Waals surface area contributed by atoms with Gasteiger partial charge in [-0.05, 0) is 100.0 Å². The predicted molar refractivity (Wildman–Crippen MR) is 199 cm³/mol. The first kappa shape index (κ1) is 38.6. The van der Waals surface area contributed by atoms with Crippen LogP contribution in [0, 0.1) is 25.7 Å². The minimum Gasteiger partial charge on any atom is -0.445 e. The molecule has 1 heterocycles. The van der Waals surface area contributed by atoms with Crippen LogP contribution in [-0.2, 0) is 33.7 Å². The summed E-state index contributed by atoms with van der Waals surface area (Å²) in [7, 11) is 0. The normalized spacial score (nSPS) is 15.9. The quantitative estimate of drug-likeness (QED) is 0.160. The van der Waals surface area contributed by atoms with E-state index in [9.17, 15) is 14.4 Å². The van der Waals surface area contributed by atoms with Crippen molar-refractivity contribution < 1.29 is 23.9 Å². The number of hydrogen-bond donors (Lipinski definition) is 2. The summed E-state index contributed by atoms with van der Waals surface area (Å²) in [6.07, 6.45) is 1.83. The summed E-state index contributed by atoms with van der Waals surface area (Å²) in [5.74, 6) is -0.102. The third-order valence-electron chi connectivity index (χ3n) is 9.38. The highest BCUT2D eigenvalue weighted by atomic mass is 16.5. The van der Waals surface area contributed by atoms with Crippen molar-refractivity contribution in [3.8, 4) is 0 Å². The average molecular weight is 684 g/mol. The Morgan fingerprint density at radius 3 is 2.04 bits per heavy atom. The number of benzene rings is 3. The van der Waals surface area contributed by atoms with Crippen molar-refractivity contribution in [1.29, 1.82) is 0 Å². The number of ketones is 1. The number of nitrogens with zero attached hydrogens (tertiary/aromatic N) is 1. The number of hydrogen-bond acceptors (Lipinski definition) is 5. The van der Waals surface area contributed by atoms with Crippen LogP contribution in [0.4, 0.5) is 9.59 Å².